The Hall–Kier alpha value is -13.0. The quantitative estimate of drug-likeness (QED) is 0.0276. The summed E-state index contributed by atoms with van der Waals surface area (Å²) in [6.07, 6.45) is 14.0. The van der Waals surface area contributed by atoms with Crippen molar-refractivity contribution in [2.45, 2.75) is 152 Å². The summed E-state index contributed by atoms with van der Waals surface area (Å²) in [5, 5.41) is 56.0. The molecule has 0 spiro atoms. The number of carbonyl (C=O) groups is 8. The van der Waals surface area contributed by atoms with Gasteiger partial charge in [-0.2, -0.15) is 0 Å². The van der Waals surface area contributed by atoms with E-state index in [1.807, 2.05) is 136 Å². The van der Waals surface area contributed by atoms with Crippen molar-refractivity contribution < 1.29 is 82.8 Å². The van der Waals surface area contributed by atoms with E-state index in [1.165, 1.54) is 0 Å². The molecule has 0 saturated carbocycles. The lowest BCUT2D eigenvalue weighted by molar-refractivity contribution is -0.150. The first-order valence-corrected chi connectivity index (χ1v) is 38.5. The molecule has 13 rings (SSSR count). The van der Waals surface area contributed by atoms with Gasteiger partial charge < -0.3 is 68.5 Å². The number of aliphatic carboxylic acids is 3. The number of carboxylic acid groups (broad SMARTS) is 5. The van der Waals surface area contributed by atoms with Crippen LogP contribution in [0.4, 0.5) is 0 Å². The Morgan fingerprint density at radius 2 is 1.22 bits per heavy atom. The number of aromatic nitrogens is 6. The van der Waals surface area contributed by atoms with Gasteiger partial charge in [0.25, 0.3) is 0 Å². The van der Waals surface area contributed by atoms with Crippen LogP contribution in [0.25, 0.3) is 81.3 Å². The van der Waals surface area contributed by atoms with Crippen LogP contribution < -0.4 is 25.5 Å². The minimum Gasteiger partial charge on any atom is -0.497 e. The fraction of sp³-hybridized carbons (Fsp3) is 0.333. The van der Waals surface area contributed by atoms with E-state index in [0.717, 1.165) is 120 Å². The van der Waals surface area contributed by atoms with E-state index in [-0.39, 0.29) is 71.7 Å². The Kier molecular flexibility index (Phi) is 24.2. The standard InChI is InChI=1S/C48H53N5O10.C42H42N4O7/c1-10-30-24(2)35-21-37-31(16-13-28-11-14-29(61-7)15-12-28)25(3)34(49-37)20-36-26(4)32(17-18-42(55)56)45(52-36)33(19-41(54)51-39(48(60)63-9)23-43(57)62-8)46-44(47(58)59)27(5)40(53(46)6)22-38(30)50-35;1-7-27-21(2)31-18-36-28(13-10-25-8-11-26(53-6)12-9-25)23(4)34-17-32-22(3)29(14-15-37(47)48)40(44-32)30(16-38(49)50)41-39(42(51)52)24(5)35(19-33(27)43-31)46(41)20-45(34)36/h11-16,20-22,26,32,39,49H,10,17-19,23H2,1-9H3,(H,51,54)(H,55,56)(H,58,59);8-13,17-19,22,29H,7,14-16,20H2,1-6H3,(H,47,48)(H,49,50)(H,51,52)/b16-13+,34-20?,35-21?,36-20?,37-21?,38-22?,40-22?,45-33?,46-33?;13-10+,31-18?,32-17?,33-19?,34-17?,35-19?,36-18?,40-30?,41-30?/t26-,32-,39-;22-,29-/m00/s1. The first kappa shape index (κ1) is 82.5. The monoisotopic (exact) mass is 1570 g/mol. The van der Waals surface area contributed by atoms with Gasteiger partial charge in [0.15, 0.2) is 0 Å². The lowest BCUT2D eigenvalue weighted by Crippen LogP contribution is -2.43. The van der Waals surface area contributed by atoms with Crippen LogP contribution in [0.3, 0.4) is 0 Å². The van der Waals surface area contributed by atoms with E-state index in [4.69, 9.17) is 38.9 Å². The summed E-state index contributed by atoms with van der Waals surface area (Å²) in [6, 6.07) is 19.9. The van der Waals surface area contributed by atoms with Gasteiger partial charge in [-0.3, -0.25) is 33.9 Å². The number of nitrogens with zero attached hydrogens (tertiary/aromatic N) is 7. The van der Waals surface area contributed by atoms with Crippen LogP contribution >= 0.6 is 0 Å². The van der Waals surface area contributed by atoms with Gasteiger partial charge in [-0.15, -0.1) is 0 Å². The molecule has 7 aromatic rings. The highest BCUT2D eigenvalue weighted by atomic mass is 16.5. The number of ether oxygens (including phenoxy) is 4. The number of amides is 1. The third kappa shape index (κ3) is 16.0. The van der Waals surface area contributed by atoms with Gasteiger partial charge in [0.05, 0.1) is 110 Å². The number of aliphatic imine (C=N–C) groups is 2. The van der Waals surface area contributed by atoms with Crippen LogP contribution in [0.15, 0.2) is 99.3 Å². The van der Waals surface area contributed by atoms with Crippen molar-refractivity contribution >= 4 is 140 Å². The Balaban J connectivity index is 0.000000217. The molecule has 0 aliphatic carbocycles. The molecular weight excluding hydrogens is 1480 g/mol. The highest BCUT2D eigenvalue weighted by Gasteiger charge is 2.40. The Bertz CT molecular complexity index is 5900. The molecule has 0 fully saturated rings. The highest BCUT2D eigenvalue weighted by Crippen LogP contribution is 2.47. The first-order valence-electron chi connectivity index (χ1n) is 38.5. The third-order valence-electron chi connectivity index (χ3n) is 23.2. The average Bonchev–Trinajstić information content (AvgIpc) is 1.57. The van der Waals surface area contributed by atoms with E-state index in [1.54, 1.807) is 39.7 Å². The number of aromatic amines is 1. The molecule has 14 bridgehead atoms. The molecule has 0 saturated heterocycles. The fourth-order valence-corrected chi connectivity index (χ4v) is 16.9. The number of rotatable bonds is 24. The zero-order chi connectivity index (χ0) is 83.7. The second-order valence-corrected chi connectivity index (χ2v) is 29.8. The number of hydrogen-bond donors (Lipinski definition) is 7. The molecule has 5 aromatic heterocycles. The second kappa shape index (κ2) is 34.0. The van der Waals surface area contributed by atoms with Crippen molar-refractivity contribution in [3.05, 3.63) is 195 Å². The Labute approximate surface area is 669 Å². The molecule has 602 valence electrons. The molecule has 26 heteroatoms. The van der Waals surface area contributed by atoms with E-state index in [0.29, 0.717) is 63.7 Å². The van der Waals surface area contributed by atoms with Crippen molar-refractivity contribution in [3.63, 3.8) is 0 Å². The van der Waals surface area contributed by atoms with Crippen molar-refractivity contribution in [3.8, 4) is 11.5 Å². The summed E-state index contributed by atoms with van der Waals surface area (Å²) in [7, 11) is 7.23. The van der Waals surface area contributed by atoms with E-state index < -0.39 is 90.8 Å². The van der Waals surface area contributed by atoms with Crippen LogP contribution in [-0.4, -0.2) is 148 Å². The summed E-state index contributed by atoms with van der Waals surface area (Å²) < 4.78 is 26.1. The molecule has 116 heavy (non-hydrogen) atoms. The zero-order valence-electron chi connectivity index (χ0n) is 67.6. The van der Waals surface area contributed by atoms with Crippen molar-refractivity contribution in [2.24, 2.45) is 28.9 Å². The second-order valence-electron chi connectivity index (χ2n) is 29.8. The van der Waals surface area contributed by atoms with Gasteiger partial charge >= 0.3 is 41.8 Å². The number of aryl methyl sites for hydroxylation is 3. The van der Waals surface area contributed by atoms with E-state index in [2.05, 4.69) is 47.8 Å². The van der Waals surface area contributed by atoms with Crippen LogP contribution in [0.2, 0.25) is 0 Å². The average molecular weight is 1570 g/mol. The number of esters is 2. The predicted molar refractivity (Wildman–Crippen MR) is 444 cm³/mol. The van der Waals surface area contributed by atoms with Gasteiger partial charge in [0.2, 0.25) is 5.91 Å². The number of hydrogen-bond acceptors (Lipinski definition) is 16. The summed E-state index contributed by atoms with van der Waals surface area (Å²) >= 11 is 0. The summed E-state index contributed by atoms with van der Waals surface area (Å²) in [5.74, 6) is -8.16. The van der Waals surface area contributed by atoms with Crippen LogP contribution in [-0.2, 0) is 58.4 Å². The molecule has 1 amide bonds. The van der Waals surface area contributed by atoms with Crippen molar-refractivity contribution in [2.75, 3.05) is 28.4 Å². The number of carboxylic acids is 5. The lowest BCUT2D eigenvalue weighted by Gasteiger charge is -2.21. The smallest absolute Gasteiger partial charge is 0.338 e. The molecule has 6 aliphatic rings. The van der Waals surface area contributed by atoms with E-state index >= 15 is 0 Å². The predicted octanol–water partition coefficient (Wildman–Crippen LogP) is 13.8. The summed E-state index contributed by atoms with van der Waals surface area (Å²) in [5.41, 5.74) is 19.0. The van der Waals surface area contributed by atoms with Crippen LogP contribution in [0.1, 0.15) is 210 Å². The molecular formula is C90H95N9O17. The highest BCUT2D eigenvalue weighted by molar-refractivity contribution is 6.24. The van der Waals surface area contributed by atoms with Gasteiger partial charge in [-0.05, 0) is 184 Å². The number of benzene rings is 2. The molecule has 26 nitrogen and oxygen atoms in total. The third-order valence-corrected chi connectivity index (χ3v) is 23.2. The first-order chi connectivity index (χ1) is 55.3. The Morgan fingerprint density at radius 3 is 1.80 bits per heavy atom. The van der Waals surface area contributed by atoms with Gasteiger partial charge in [0.1, 0.15) is 24.2 Å². The molecule has 0 radical (unpaired) electrons. The number of H-pyrrole nitrogens is 1. The largest absolute Gasteiger partial charge is 0.497 e. The number of fused-ring (bicyclic) bond motifs is 10. The Morgan fingerprint density at radius 1 is 0.603 bits per heavy atom. The SMILES string of the molecule is CCC1=C(C)C2=NC1=Cc1c(C)c(C(=O)O)c3n1Cn1c(c(C)c(/C=C/c4ccc(OC)cc4)c1=C2)=CC1=NC(=C3CC(=O)O)[C@@H](CCC(=O)O)[C@@H]1C.CCC1=C(C)c2cc3[nH]c(cc4nc(c(CC(=O)N[C@@H](CC(=O)OC)C(=O)OC)c5c(C(=O)O)c(C)c(cc1n2)n5C)[C@@H](CCC(=O)O)[C@@H]4C)c(C)c3/C=C/c1ccc(OC)cc1. The molecule has 5 atom stereocenters. The normalized spacial score (nSPS) is 16.9. The number of aromatic carboxylic acids is 2. The fourth-order valence-electron chi connectivity index (χ4n) is 16.9. The molecule has 7 N–H and O–H groups in total. The molecule has 2 aromatic carbocycles. The summed E-state index contributed by atoms with van der Waals surface area (Å²) in [6.45, 7) is 19.8. The number of nitrogens with one attached hydrogen (secondary N) is 2. The number of carbonyl (C=O) groups excluding carboxylic acids is 3. The maximum atomic E-state index is 14.2. The topological polar surface area (TPSA) is 368 Å². The van der Waals surface area contributed by atoms with Crippen LogP contribution in [0.5, 0.6) is 11.5 Å². The van der Waals surface area contributed by atoms with Crippen LogP contribution in [0, 0.1) is 39.5 Å². The molecule has 11 heterocycles. The lowest BCUT2D eigenvalue weighted by atomic mass is 9.84. The zero-order valence-corrected chi connectivity index (χ0v) is 67.6. The number of methoxy groups -OCH3 is 4. The maximum absolute atomic E-state index is 14.2. The van der Waals surface area contributed by atoms with Gasteiger partial charge in [0, 0.05) is 105 Å². The van der Waals surface area contributed by atoms with E-state index in [9.17, 15) is 63.9 Å². The minimum absolute atomic E-state index is 0.00535. The van der Waals surface area contributed by atoms with Gasteiger partial charge in [-0.1, -0.05) is 76.3 Å². The summed E-state index contributed by atoms with van der Waals surface area (Å²) in [4.78, 5) is 127. The van der Waals surface area contributed by atoms with Crippen molar-refractivity contribution in [1.29, 1.82) is 0 Å². The number of allylic oxidation sites excluding steroid dienone is 5. The minimum atomic E-state index is -1.41. The maximum Gasteiger partial charge on any atom is 0.338 e. The van der Waals surface area contributed by atoms with Crippen molar-refractivity contribution in [1.82, 2.24) is 34.0 Å². The molecule has 0 unspecified atom stereocenters. The molecule has 6 aliphatic heterocycles. The van der Waals surface area contributed by atoms with Gasteiger partial charge in [-0.25, -0.2) is 24.4 Å².